The van der Waals surface area contributed by atoms with Gasteiger partial charge in [-0.25, -0.2) is 4.39 Å². The Morgan fingerprint density at radius 3 is 2.81 bits per heavy atom. The number of rotatable bonds is 4. The minimum absolute atomic E-state index is 0.00110. The van der Waals surface area contributed by atoms with Gasteiger partial charge in [-0.15, -0.1) is 0 Å². The zero-order chi connectivity index (χ0) is 19.0. The van der Waals surface area contributed by atoms with E-state index >= 15 is 0 Å². The molecule has 0 unspecified atom stereocenters. The first-order valence-electron chi connectivity index (χ1n) is 9.10. The Hall–Kier alpha value is -2.60. The maximum Gasteiger partial charge on any atom is 0.225 e. The van der Waals surface area contributed by atoms with E-state index in [0.717, 1.165) is 16.9 Å². The van der Waals surface area contributed by atoms with Crippen LogP contribution in [0.15, 0.2) is 42.5 Å². The van der Waals surface area contributed by atoms with E-state index in [4.69, 9.17) is 9.47 Å². The zero-order valence-electron chi connectivity index (χ0n) is 15.4. The number of carbonyl (C=O) groups is 1. The SMILES string of the molecule is COc1ccc(CNC(=O)[C@@H]2CN(C)[C@H]3c4cc(F)ccc4OC[C@@H]23)cc1. The van der Waals surface area contributed by atoms with Gasteiger partial charge in [-0.2, -0.15) is 0 Å². The minimum atomic E-state index is -0.279. The molecule has 2 aromatic carbocycles. The lowest BCUT2D eigenvalue weighted by Crippen LogP contribution is -2.37. The quantitative estimate of drug-likeness (QED) is 0.899. The number of likely N-dealkylation sites (tertiary alicyclic amines) is 1. The van der Waals surface area contributed by atoms with Gasteiger partial charge in [-0.1, -0.05) is 12.1 Å². The molecule has 2 aliphatic rings. The highest BCUT2D eigenvalue weighted by atomic mass is 19.1. The van der Waals surface area contributed by atoms with E-state index < -0.39 is 0 Å². The van der Waals surface area contributed by atoms with Crippen molar-refractivity contribution < 1.29 is 18.7 Å². The Morgan fingerprint density at radius 1 is 1.30 bits per heavy atom. The highest BCUT2D eigenvalue weighted by molar-refractivity contribution is 5.80. The summed E-state index contributed by atoms with van der Waals surface area (Å²) in [6, 6.07) is 12.2. The Balaban J connectivity index is 1.46. The molecule has 6 heteroatoms. The molecular weight excluding hydrogens is 347 g/mol. The molecule has 0 aliphatic carbocycles. The van der Waals surface area contributed by atoms with Crippen molar-refractivity contribution in [1.82, 2.24) is 10.2 Å². The van der Waals surface area contributed by atoms with Crippen LogP contribution in [0.3, 0.4) is 0 Å². The molecule has 27 heavy (non-hydrogen) atoms. The summed E-state index contributed by atoms with van der Waals surface area (Å²) >= 11 is 0. The molecule has 2 aromatic rings. The van der Waals surface area contributed by atoms with Crippen LogP contribution < -0.4 is 14.8 Å². The first kappa shape index (κ1) is 17.8. The number of carbonyl (C=O) groups excluding carboxylic acids is 1. The van der Waals surface area contributed by atoms with Gasteiger partial charge in [0.05, 0.1) is 19.6 Å². The van der Waals surface area contributed by atoms with Crippen LogP contribution in [0.5, 0.6) is 11.5 Å². The highest BCUT2D eigenvalue weighted by Gasteiger charge is 2.47. The summed E-state index contributed by atoms with van der Waals surface area (Å²) in [5.74, 6) is 1.06. The van der Waals surface area contributed by atoms with E-state index in [0.29, 0.717) is 25.4 Å². The van der Waals surface area contributed by atoms with Crippen molar-refractivity contribution in [2.75, 3.05) is 27.3 Å². The Bertz CT molecular complexity index is 840. The third-order valence-corrected chi connectivity index (χ3v) is 5.57. The van der Waals surface area contributed by atoms with Crippen LogP contribution in [-0.2, 0) is 11.3 Å². The number of halogens is 1. The van der Waals surface area contributed by atoms with Crippen molar-refractivity contribution in [3.63, 3.8) is 0 Å². The van der Waals surface area contributed by atoms with Gasteiger partial charge in [0.1, 0.15) is 17.3 Å². The Labute approximate surface area is 158 Å². The van der Waals surface area contributed by atoms with Crippen molar-refractivity contribution in [1.29, 1.82) is 0 Å². The molecule has 142 valence electrons. The van der Waals surface area contributed by atoms with Crippen molar-refractivity contribution in [2.24, 2.45) is 11.8 Å². The molecule has 1 N–H and O–H groups in total. The lowest BCUT2D eigenvalue weighted by molar-refractivity contribution is -0.126. The average Bonchev–Trinajstić information content (AvgIpc) is 3.03. The summed E-state index contributed by atoms with van der Waals surface area (Å²) in [4.78, 5) is 15.0. The van der Waals surface area contributed by atoms with E-state index in [9.17, 15) is 9.18 Å². The molecule has 4 rings (SSSR count). The van der Waals surface area contributed by atoms with Crippen LogP contribution in [0, 0.1) is 17.7 Å². The largest absolute Gasteiger partial charge is 0.497 e. The monoisotopic (exact) mass is 370 g/mol. The van der Waals surface area contributed by atoms with E-state index in [1.54, 1.807) is 13.2 Å². The molecule has 5 nitrogen and oxygen atoms in total. The number of nitrogens with one attached hydrogen (secondary N) is 1. The maximum atomic E-state index is 13.7. The molecule has 1 fully saturated rings. The Morgan fingerprint density at radius 2 is 2.07 bits per heavy atom. The number of benzene rings is 2. The van der Waals surface area contributed by atoms with Crippen LogP contribution in [0.2, 0.25) is 0 Å². The third kappa shape index (κ3) is 3.37. The zero-order valence-corrected chi connectivity index (χ0v) is 15.4. The first-order chi connectivity index (χ1) is 13.1. The van der Waals surface area contributed by atoms with E-state index in [1.165, 1.54) is 12.1 Å². The number of nitrogens with zero attached hydrogens (tertiary/aromatic N) is 1. The second kappa shape index (κ2) is 7.19. The fraction of sp³-hybridized carbons (Fsp3) is 0.381. The maximum absolute atomic E-state index is 13.7. The summed E-state index contributed by atoms with van der Waals surface area (Å²) in [5, 5.41) is 3.03. The normalized spacial score (nSPS) is 23.9. The van der Waals surface area contributed by atoms with Gasteiger partial charge in [-0.05, 0) is 42.9 Å². The lowest BCUT2D eigenvalue weighted by atomic mass is 9.85. The number of hydrogen-bond donors (Lipinski definition) is 1. The van der Waals surface area contributed by atoms with Crippen LogP contribution in [0.25, 0.3) is 0 Å². The molecule has 0 spiro atoms. The van der Waals surface area contributed by atoms with Gasteiger partial charge in [-0.3, -0.25) is 9.69 Å². The van der Waals surface area contributed by atoms with Crippen LogP contribution in [0.1, 0.15) is 17.2 Å². The van der Waals surface area contributed by atoms with Gasteiger partial charge < -0.3 is 14.8 Å². The fourth-order valence-electron chi connectivity index (χ4n) is 4.19. The number of methoxy groups -OCH3 is 1. The van der Waals surface area contributed by atoms with Crippen molar-refractivity contribution in [3.8, 4) is 11.5 Å². The highest BCUT2D eigenvalue weighted by Crippen LogP contribution is 2.46. The summed E-state index contributed by atoms with van der Waals surface area (Å²) in [5.41, 5.74) is 1.85. The van der Waals surface area contributed by atoms with Gasteiger partial charge in [0.15, 0.2) is 0 Å². The molecule has 0 aromatic heterocycles. The van der Waals surface area contributed by atoms with E-state index in [2.05, 4.69) is 10.2 Å². The van der Waals surface area contributed by atoms with Crippen molar-refractivity contribution in [3.05, 3.63) is 59.4 Å². The minimum Gasteiger partial charge on any atom is -0.497 e. The summed E-state index contributed by atoms with van der Waals surface area (Å²) in [6.07, 6.45) is 0. The molecule has 3 atom stereocenters. The summed E-state index contributed by atoms with van der Waals surface area (Å²) in [6.45, 7) is 1.56. The van der Waals surface area contributed by atoms with Crippen LogP contribution in [0.4, 0.5) is 4.39 Å². The molecular formula is C21H23FN2O3. The topological polar surface area (TPSA) is 50.8 Å². The molecule has 0 bridgehead atoms. The summed E-state index contributed by atoms with van der Waals surface area (Å²) in [7, 11) is 3.61. The fourth-order valence-corrected chi connectivity index (χ4v) is 4.19. The molecule has 1 amide bonds. The predicted molar refractivity (Wildman–Crippen MR) is 99.1 cm³/mol. The molecule has 0 radical (unpaired) electrons. The average molecular weight is 370 g/mol. The Kier molecular flexibility index (Phi) is 4.74. The van der Waals surface area contributed by atoms with Gasteiger partial charge in [0.2, 0.25) is 5.91 Å². The van der Waals surface area contributed by atoms with E-state index in [-0.39, 0.29) is 29.6 Å². The lowest BCUT2D eigenvalue weighted by Gasteiger charge is -2.33. The number of fused-ring (bicyclic) bond motifs is 3. The standard InChI is InChI=1S/C21H23FN2O3/c1-24-11-17(21(25)23-10-13-3-6-15(26-2)7-4-13)18-12-27-19-8-5-14(22)9-16(19)20(18)24/h3-9,17-18,20H,10-12H2,1-2H3,(H,23,25)/t17-,18+,20+/m1/s1. The number of amides is 1. The molecule has 1 saturated heterocycles. The van der Waals surface area contributed by atoms with Crippen molar-refractivity contribution in [2.45, 2.75) is 12.6 Å². The van der Waals surface area contributed by atoms with Gasteiger partial charge in [0.25, 0.3) is 0 Å². The van der Waals surface area contributed by atoms with Crippen LogP contribution >= 0.6 is 0 Å². The number of ether oxygens (including phenoxy) is 2. The third-order valence-electron chi connectivity index (χ3n) is 5.57. The molecule has 0 saturated carbocycles. The van der Waals surface area contributed by atoms with Crippen molar-refractivity contribution >= 4 is 5.91 Å². The molecule has 2 aliphatic heterocycles. The molecule has 2 heterocycles. The number of hydrogen-bond acceptors (Lipinski definition) is 4. The smallest absolute Gasteiger partial charge is 0.225 e. The van der Waals surface area contributed by atoms with Gasteiger partial charge in [0, 0.05) is 30.6 Å². The first-order valence-corrected chi connectivity index (χ1v) is 9.10. The predicted octanol–water partition coefficient (Wildman–Crippen LogP) is 2.76. The second-order valence-corrected chi connectivity index (χ2v) is 7.21. The second-order valence-electron chi connectivity index (χ2n) is 7.21. The van der Waals surface area contributed by atoms with E-state index in [1.807, 2.05) is 31.3 Å². The summed E-state index contributed by atoms with van der Waals surface area (Å²) < 4.78 is 24.7. The van der Waals surface area contributed by atoms with Gasteiger partial charge >= 0.3 is 0 Å². The van der Waals surface area contributed by atoms with Crippen LogP contribution in [-0.4, -0.2) is 38.1 Å².